The van der Waals surface area contributed by atoms with Crippen LogP contribution in [0, 0.1) is 17.8 Å². The third-order valence-electron chi connectivity index (χ3n) is 4.69. The zero-order chi connectivity index (χ0) is 16.2. The summed E-state index contributed by atoms with van der Waals surface area (Å²) in [6.07, 6.45) is 5.65. The zero-order valence-corrected chi connectivity index (χ0v) is 15.6. The fraction of sp³-hybridized carbons (Fsp3) is 0.500. The van der Waals surface area contributed by atoms with Crippen molar-refractivity contribution in [1.82, 2.24) is 0 Å². The standard InChI is InChI=1S/C20H28OSi/c1-20(2,3)22(4,5)21-19-13-9-12-18(16-19)15-14-17-10-7-6-8-11-17/h6-8,10-11,16,18H,9,12-13H2,1-5H3. The van der Waals surface area contributed by atoms with Crippen LogP contribution in [0.25, 0.3) is 0 Å². The summed E-state index contributed by atoms with van der Waals surface area (Å²) in [5.41, 5.74) is 1.09. The van der Waals surface area contributed by atoms with Crippen molar-refractivity contribution < 1.29 is 4.43 Å². The molecule has 0 amide bonds. The van der Waals surface area contributed by atoms with Crippen molar-refractivity contribution >= 4 is 8.32 Å². The van der Waals surface area contributed by atoms with Crippen LogP contribution in [0.1, 0.15) is 45.6 Å². The Kier molecular flexibility index (Phi) is 5.18. The maximum Gasteiger partial charge on any atom is 0.250 e. The fourth-order valence-electron chi connectivity index (χ4n) is 2.26. The molecule has 2 heteroatoms. The van der Waals surface area contributed by atoms with Crippen molar-refractivity contribution in [2.45, 2.75) is 58.2 Å². The minimum Gasteiger partial charge on any atom is -0.547 e. The lowest BCUT2D eigenvalue weighted by Crippen LogP contribution is -2.40. The minimum atomic E-state index is -1.73. The van der Waals surface area contributed by atoms with Gasteiger partial charge in [0.2, 0.25) is 8.32 Å². The highest BCUT2D eigenvalue weighted by Gasteiger charge is 2.39. The molecule has 0 bridgehead atoms. The quantitative estimate of drug-likeness (QED) is 0.499. The van der Waals surface area contributed by atoms with Crippen LogP contribution in [0.3, 0.4) is 0 Å². The molecular weight excluding hydrogens is 284 g/mol. The Balaban J connectivity index is 2.09. The van der Waals surface area contributed by atoms with Gasteiger partial charge in [0.15, 0.2) is 0 Å². The van der Waals surface area contributed by atoms with E-state index in [2.05, 4.69) is 63.9 Å². The monoisotopic (exact) mass is 312 g/mol. The third kappa shape index (κ3) is 4.51. The van der Waals surface area contributed by atoms with E-state index in [-0.39, 0.29) is 5.04 Å². The number of hydrogen-bond donors (Lipinski definition) is 0. The molecule has 1 aliphatic carbocycles. The summed E-state index contributed by atoms with van der Waals surface area (Å²) in [4.78, 5) is 0. The molecule has 0 aliphatic heterocycles. The summed E-state index contributed by atoms with van der Waals surface area (Å²) in [5.74, 6) is 8.19. The molecule has 1 aliphatic rings. The SMILES string of the molecule is CC(C)(C)[Si](C)(C)OC1=CC(C#Cc2ccccc2)CCC1. The predicted octanol–water partition coefficient (Wildman–Crippen LogP) is 5.74. The predicted molar refractivity (Wildman–Crippen MR) is 97.0 cm³/mol. The second kappa shape index (κ2) is 6.75. The number of allylic oxidation sites excluding steroid dienone is 2. The molecule has 2 rings (SSSR count). The Hall–Kier alpha value is -1.46. The molecule has 1 nitrogen and oxygen atoms in total. The molecule has 1 atom stereocenters. The van der Waals surface area contributed by atoms with Gasteiger partial charge in [-0.25, -0.2) is 0 Å². The van der Waals surface area contributed by atoms with E-state index in [1.54, 1.807) is 0 Å². The molecule has 0 saturated carbocycles. The lowest BCUT2D eigenvalue weighted by atomic mass is 9.95. The summed E-state index contributed by atoms with van der Waals surface area (Å²) in [7, 11) is -1.73. The first-order valence-corrected chi connectivity index (χ1v) is 11.1. The second-order valence-electron chi connectivity index (χ2n) is 7.63. The Morgan fingerprint density at radius 1 is 1.14 bits per heavy atom. The number of hydrogen-bond acceptors (Lipinski definition) is 1. The molecule has 0 radical (unpaired) electrons. The third-order valence-corrected chi connectivity index (χ3v) is 9.08. The van der Waals surface area contributed by atoms with E-state index in [4.69, 9.17) is 4.43 Å². The van der Waals surface area contributed by atoms with Gasteiger partial charge >= 0.3 is 0 Å². The highest BCUT2D eigenvalue weighted by Crippen LogP contribution is 2.39. The first kappa shape index (κ1) is 16.9. The van der Waals surface area contributed by atoms with Gasteiger partial charge in [0.05, 0.1) is 5.76 Å². The van der Waals surface area contributed by atoms with Crippen molar-refractivity contribution in [2.75, 3.05) is 0 Å². The maximum atomic E-state index is 6.46. The first-order chi connectivity index (χ1) is 10.3. The normalized spacial score (nSPS) is 19.0. The van der Waals surface area contributed by atoms with Crippen LogP contribution < -0.4 is 0 Å². The molecule has 1 aromatic carbocycles. The van der Waals surface area contributed by atoms with Crippen molar-refractivity contribution in [3.63, 3.8) is 0 Å². The van der Waals surface area contributed by atoms with E-state index in [0.29, 0.717) is 5.92 Å². The maximum absolute atomic E-state index is 6.46. The van der Waals surface area contributed by atoms with Crippen LogP contribution in [0.5, 0.6) is 0 Å². The second-order valence-corrected chi connectivity index (χ2v) is 12.4. The van der Waals surface area contributed by atoms with E-state index >= 15 is 0 Å². The lowest BCUT2D eigenvalue weighted by molar-refractivity contribution is 0.345. The topological polar surface area (TPSA) is 9.23 Å². The molecule has 0 heterocycles. The van der Waals surface area contributed by atoms with E-state index < -0.39 is 8.32 Å². The lowest BCUT2D eigenvalue weighted by Gasteiger charge is -2.38. The van der Waals surface area contributed by atoms with Gasteiger partial charge in [-0.2, -0.15) is 0 Å². The molecular formula is C20H28OSi. The van der Waals surface area contributed by atoms with Crippen molar-refractivity contribution in [1.29, 1.82) is 0 Å². The fourth-order valence-corrected chi connectivity index (χ4v) is 3.40. The van der Waals surface area contributed by atoms with Gasteiger partial charge in [-0.1, -0.05) is 50.8 Å². The Morgan fingerprint density at radius 3 is 2.45 bits per heavy atom. The highest BCUT2D eigenvalue weighted by atomic mass is 28.4. The summed E-state index contributed by atoms with van der Waals surface area (Å²) in [5, 5.41) is 0.247. The van der Waals surface area contributed by atoms with Crippen LogP contribution in [0.15, 0.2) is 42.2 Å². The van der Waals surface area contributed by atoms with Crippen LogP contribution in [0.2, 0.25) is 18.1 Å². The zero-order valence-electron chi connectivity index (χ0n) is 14.6. The van der Waals surface area contributed by atoms with E-state index in [0.717, 1.165) is 18.4 Å². The molecule has 0 fully saturated rings. The van der Waals surface area contributed by atoms with Gasteiger partial charge in [0.25, 0.3) is 0 Å². The highest BCUT2D eigenvalue weighted by molar-refractivity contribution is 6.74. The molecule has 0 spiro atoms. The average molecular weight is 313 g/mol. The van der Waals surface area contributed by atoms with E-state index in [9.17, 15) is 0 Å². The molecule has 0 N–H and O–H groups in total. The van der Waals surface area contributed by atoms with Gasteiger partial charge in [0, 0.05) is 17.9 Å². The van der Waals surface area contributed by atoms with Crippen molar-refractivity contribution in [2.24, 2.45) is 5.92 Å². The smallest absolute Gasteiger partial charge is 0.250 e. The van der Waals surface area contributed by atoms with Gasteiger partial charge < -0.3 is 4.43 Å². The molecule has 1 unspecified atom stereocenters. The molecule has 0 aromatic heterocycles. The average Bonchev–Trinajstić information content (AvgIpc) is 2.45. The molecule has 1 aromatic rings. The van der Waals surface area contributed by atoms with Gasteiger partial charge in [-0.05, 0) is 49.2 Å². The summed E-state index contributed by atoms with van der Waals surface area (Å²) in [6.45, 7) is 11.5. The van der Waals surface area contributed by atoms with Crippen LogP contribution in [-0.2, 0) is 4.43 Å². The summed E-state index contributed by atoms with van der Waals surface area (Å²) >= 11 is 0. The van der Waals surface area contributed by atoms with Gasteiger partial charge in [-0.15, -0.1) is 0 Å². The largest absolute Gasteiger partial charge is 0.547 e. The van der Waals surface area contributed by atoms with Crippen molar-refractivity contribution in [3.8, 4) is 11.8 Å². The summed E-state index contributed by atoms with van der Waals surface area (Å²) < 4.78 is 6.46. The summed E-state index contributed by atoms with van der Waals surface area (Å²) in [6, 6.07) is 10.2. The Bertz CT molecular complexity index is 582. The van der Waals surface area contributed by atoms with Crippen LogP contribution in [0.4, 0.5) is 0 Å². The molecule has 118 valence electrons. The van der Waals surface area contributed by atoms with Gasteiger partial charge in [-0.3, -0.25) is 0 Å². The van der Waals surface area contributed by atoms with E-state index in [1.165, 1.54) is 12.2 Å². The Morgan fingerprint density at radius 2 is 1.82 bits per heavy atom. The van der Waals surface area contributed by atoms with E-state index in [1.807, 2.05) is 18.2 Å². The van der Waals surface area contributed by atoms with Crippen LogP contribution in [-0.4, -0.2) is 8.32 Å². The number of rotatable bonds is 2. The Labute approximate surface area is 136 Å². The molecule has 22 heavy (non-hydrogen) atoms. The van der Waals surface area contributed by atoms with Crippen molar-refractivity contribution in [3.05, 3.63) is 47.7 Å². The van der Waals surface area contributed by atoms with Crippen LogP contribution >= 0.6 is 0 Å². The molecule has 0 saturated heterocycles. The van der Waals surface area contributed by atoms with Gasteiger partial charge in [0.1, 0.15) is 0 Å². The first-order valence-electron chi connectivity index (χ1n) is 8.24. The number of benzene rings is 1. The minimum absolute atomic E-state index is 0.247.